The Morgan fingerprint density at radius 1 is 0.972 bits per heavy atom. The number of rotatable bonds is 8. The second kappa shape index (κ2) is 11.8. The fourth-order valence-corrected chi connectivity index (χ4v) is 4.23. The van der Waals surface area contributed by atoms with E-state index in [0.29, 0.717) is 28.5 Å². The number of piperidine rings is 1. The molecule has 10 heteroatoms. The zero-order chi connectivity index (χ0) is 25.5. The van der Waals surface area contributed by atoms with Crippen molar-refractivity contribution in [2.24, 2.45) is 5.92 Å². The molecule has 0 aliphatic carbocycles. The maximum Gasteiger partial charge on any atom is 0.276 e. The van der Waals surface area contributed by atoms with Crippen molar-refractivity contribution in [1.82, 2.24) is 20.2 Å². The van der Waals surface area contributed by atoms with Crippen LogP contribution in [0.25, 0.3) is 0 Å². The Bertz CT molecular complexity index is 1220. The summed E-state index contributed by atoms with van der Waals surface area (Å²) >= 11 is 6.07. The number of nitrogens with one attached hydrogen (secondary N) is 4. The molecule has 1 aliphatic rings. The summed E-state index contributed by atoms with van der Waals surface area (Å²) in [7, 11) is 0. The number of amides is 3. The third-order valence-electron chi connectivity index (χ3n) is 6.19. The van der Waals surface area contributed by atoms with Crippen molar-refractivity contribution >= 4 is 40.7 Å². The van der Waals surface area contributed by atoms with E-state index >= 15 is 0 Å². The van der Waals surface area contributed by atoms with E-state index in [1.54, 1.807) is 48.5 Å². The summed E-state index contributed by atoms with van der Waals surface area (Å²) in [6.45, 7) is 5.61. The lowest BCUT2D eigenvalue weighted by atomic mass is 9.99. The standard InChI is InChI=1S/C26H29ClN6O3/c1-17-10-13-33(14-11-17)15-12-28-25(35)22-23(30-16-29-22)26(36)32-19-8-6-18(7-9-19)31-24(34)20-4-2-3-5-21(20)27/h2-9,16-17H,10-15H2,1H3,(H,28,35)(H,29,30)(H,31,34)(H,32,36). The number of carbonyl (C=O) groups excluding carboxylic acids is 3. The van der Waals surface area contributed by atoms with Gasteiger partial charge in [-0.3, -0.25) is 14.4 Å². The molecule has 0 saturated carbocycles. The third-order valence-corrected chi connectivity index (χ3v) is 6.52. The minimum absolute atomic E-state index is 0.00963. The molecule has 188 valence electrons. The van der Waals surface area contributed by atoms with Gasteiger partial charge in [-0.25, -0.2) is 4.98 Å². The molecule has 0 radical (unpaired) electrons. The molecule has 1 aromatic heterocycles. The van der Waals surface area contributed by atoms with Gasteiger partial charge in [-0.1, -0.05) is 30.7 Å². The van der Waals surface area contributed by atoms with Crippen molar-refractivity contribution in [3.63, 3.8) is 0 Å². The van der Waals surface area contributed by atoms with Crippen LogP contribution in [-0.2, 0) is 0 Å². The van der Waals surface area contributed by atoms with E-state index in [2.05, 4.69) is 37.7 Å². The summed E-state index contributed by atoms with van der Waals surface area (Å²) in [5.74, 6) is -0.468. The Morgan fingerprint density at radius 2 is 1.61 bits per heavy atom. The van der Waals surface area contributed by atoms with Gasteiger partial charge in [0.25, 0.3) is 17.7 Å². The van der Waals surface area contributed by atoms with Crippen molar-refractivity contribution < 1.29 is 14.4 Å². The van der Waals surface area contributed by atoms with Gasteiger partial charge in [0, 0.05) is 24.5 Å². The van der Waals surface area contributed by atoms with Crippen LogP contribution >= 0.6 is 11.6 Å². The number of anilines is 2. The minimum atomic E-state index is -0.515. The number of aromatic nitrogens is 2. The normalized spacial score (nSPS) is 14.3. The van der Waals surface area contributed by atoms with Crippen molar-refractivity contribution in [2.75, 3.05) is 36.8 Å². The highest BCUT2D eigenvalue weighted by Gasteiger charge is 2.21. The number of likely N-dealkylation sites (tertiary alicyclic amines) is 1. The number of aromatic amines is 1. The molecule has 4 rings (SSSR count). The lowest BCUT2D eigenvalue weighted by Gasteiger charge is -2.30. The minimum Gasteiger partial charge on any atom is -0.349 e. The fourth-order valence-electron chi connectivity index (χ4n) is 4.01. The maximum absolute atomic E-state index is 12.8. The number of benzene rings is 2. The number of carbonyl (C=O) groups is 3. The van der Waals surface area contributed by atoms with Crippen LogP contribution in [0.5, 0.6) is 0 Å². The molecule has 1 aliphatic heterocycles. The first-order valence-electron chi connectivity index (χ1n) is 11.9. The van der Waals surface area contributed by atoms with E-state index in [1.807, 2.05) is 0 Å². The highest BCUT2D eigenvalue weighted by atomic mass is 35.5. The van der Waals surface area contributed by atoms with E-state index in [0.717, 1.165) is 25.6 Å². The van der Waals surface area contributed by atoms with Crippen LogP contribution in [0, 0.1) is 5.92 Å². The molecule has 3 amide bonds. The zero-order valence-corrected chi connectivity index (χ0v) is 20.8. The number of H-pyrrole nitrogens is 1. The molecule has 9 nitrogen and oxygen atoms in total. The molecule has 4 N–H and O–H groups in total. The van der Waals surface area contributed by atoms with Crippen LogP contribution in [-0.4, -0.2) is 58.8 Å². The van der Waals surface area contributed by atoms with Crippen molar-refractivity contribution in [2.45, 2.75) is 19.8 Å². The average Bonchev–Trinajstić information content (AvgIpc) is 3.37. The number of nitrogens with zero attached hydrogens (tertiary/aromatic N) is 2. The van der Waals surface area contributed by atoms with Crippen LogP contribution in [0.2, 0.25) is 5.02 Å². The Morgan fingerprint density at radius 3 is 2.28 bits per heavy atom. The number of hydrogen-bond acceptors (Lipinski definition) is 5. The zero-order valence-electron chi connectivity index (χ0n) is 20.0. The smallest absolute Gasteiger partial charge is 0.276 e. The second-order valence-corrected chi connectivity index (χ2v) is 9.28. The van der Waals surface area contributed by atoms with Crippen LogP contribution in [0.15, 0.2) is 54.9 Å². The topological polar surface area (TPSA) is 119 Å². The summed E-state index contributed by atoms with van der Waals surface area (Å²) in [4.78, 5) is 46.9. The summed E-state index contributed by atoms with van der Waals surface area (Å²) in [5, 5.41) is 8.72. The Balaban J connectivity index is 1.30. The van der Waals surface area contributed by atoms with E-state index < -0.39 is 5.91 Å². The molecule has 0 spiro atoms. The van der Waals surface area contributed by atoms with Crippen LogP contribution < -0.4 is 16.0 Å². The summed E-state index contributed by atoms with van der Waals surface area (Å²) in [6, 6.07) is 13.4. The van der Waals surface area contributed by atoms with Crippen molar-refractivity contribution in [1.29, 1.82) is 0 Å². The first-order chi connectivity index (χ1) is 17.4. The maximum atomic E-state index is 12.8. The summed E-state index contributed by atoms with van der Waals surface area (Å²) in [6.07, 6.45) is 3.67. The first-order valence-corrected chi connectivity index (χ1v) is 12.3. The molecular formula is C26H29ClN6O3. The van der Waals surface area contributed by atoms with E-state index in [9.17, 15) is 14.4 Å². The largest absolute Gasteiger partial charge is 0.349 e. The molecule has 36 heavy (non-hydrogen) atoms. The van der Waals surface area contributed by atoms with Crippen LogP contribution in [0.4, 0.5) is 11.4 Å². The third kappa shape index (κ3) is 6.50. The second-order valence-electron chi connectivity index (χ2n) is 8.87. The Kier molecular flexibility index (Phi) is 8.35. The van der Waals surface area contributed by atoms with E-state index in [1.165, 1.54) is 19.2 Å². The highest BCUT2D eigenvalue weighted by molar-refractivity contribution is 6.34. The van der Waals surface area contributed by atoms with Crippen molar-refractivity contribution in [3.05, 3.63) is 76.8 Å². The van der Waals surface area contributed by atoms with Crippen molar-refractivity contribution in [3.8, 4) is 0 Å². The molecule has 0 unspecified atom stereocenters. The molecule has 2 aromatic carbocycles. The number of imidazole rings is 1. The molecule has 1 fully saturated rings. The predicted molar refractivity (Wildman–Crippen MR) is 140 cm³/mol. The molecular weight excluding hydrogens is 480 g/mol. The molecule has 3 aromatic rings. The van der Waals surface area contributed by atoms with E-state index in [4.69, 9.17) is 11.6 Å². The van der Waals surface area contributed by atoms with Gasteiger partial charge in [-0.2, -0.15) is 0 Å². The molecule has 0 atom stereocenters. The monoisotopic (exact) mass is 508 g/mol. The van der Waals surface area contributed by atoms with Gasteiger partial charge in [0.1, 0.15) is 5.69 Å². The SMILES string of the molecule is CC1CCN(CCNC(=O)c2[nH]cnc2C(=O)Nc2ccc(NC(=O)c3ccccc3Cl)cc2)CC1. The molecule has 1 saturated heterocycles. The Hall–Kier alpha value is -3.69. The number of hydrogen-bond donors (Lipinski definition) is 4. The van der Waals surface area contributed by atoms with Gasteiger partial charge in [-0.15, -0.1) is 0 Å². The Labute approximate surface area is 214 Å². The molecule has 2 heterocycles. The average molecular weight is 509 g/mol. The van der Waals surface area contributed by atoms with Crippen LogP contribution in [0.3, 0.4) is 0 Å². The number of halogens is 1. The van der Waals surface area contributed by atoms with Crippen LogP contribution in [0.1, 0.15) is 51.1 Å². The van der Waals surface area contributed by atoms with Gasteiger partial charge >= 0.3 is 0 Å². The van der Waals surface area contributed by atoms with Gasteiger partial charge < -0.3 is 25.8 Å². The first kappa shape index (κ1) is 25.4. The van der Waals surface area contributed by atoms with E-state index in [-0.39, 0.29) is 23.2 Å². The quantitative estimate of drug-likeness (QED) is 0.366. The van der Waals surface area contributed by atoms with Gasteiger partial charge in [0.15, 0.2) is 5.69 Å². The highest BCUT2D eigenvalue weighted by Crippen LogP contribution is 2.19. The fraction of sp³-hybridized carbons (Fsp3) is 0.308. The lowest BCUT2D eigenvalue weighted by Crippen LogP contribution is -2.39. The summed E-state index contributed by atoms with van der Waals surface area (Å²) < 4.78 is 0. The summed E-state index contributed by atoms with van der Waals surface area (Å²) in [5.41, 5.74) is 1.52. The lowest BCUT2D eigenvalue weighted by molar-refractivity contribution is 0.0927. The van der Waals surface area contributed by atoms with Gasteiger partial charge in [-0.05, 0) is 68.2 Å². The van der Waals surface area contributed by atoms with Gasteiger partial charge in [0.05, 0.1) is 16.9 Å². The predicted octanol–water partition coefficient (Wildman–Crippen LogP) is 4.03. The molecule has 0 bridgehead atoms. The van der Waals surface area contributed by atoms with Gasteiger partial charge in [0.2, 0.25) is 0 Å².